The monoisotopic (exact) mass is 354 g/mol. The number of amides is 1. The molecule has 1 aromatic carbocycles. The van der Waals surface area contributed by atoms with Gasteiger partial charge in [0, 0.05) is 26.2 Å². The predicted molar refractivity (Wildman–Crippen MR) is 99.2 cm³/mol. The van der Waals surface area contributed by atoms with Crippen LogP contribution in [-0.2, 0) is 6.54 Å². The average Bonchev–Trinajstić information content (AvgIpc) is 3.37. The number of furan rings is 1. The third kappa shape index (κ3) is 3.93. The van der Waals surface area contributed by atoms with Gasteiger partial charge < -0.3 is 14.1 Å². The van der Waals surface area contributed by atoms with E-state index in [1.54, 1.807) is 6.26 Å². The van der Waals surface area contributed by atoms with Gasteiger partial charge in [0.05, 0.1) is 18.4 Å². The van der Waals surface area contributed by atoms with Crippen molar-refractivity contribution in [3.8, 4) is 5.75 Å². The van der Waals surface area contributed by atoms with Crippen LogP contribution in [0.15, 0.2) is 47.1 Å². The molecular weight excluding hydrogens is 328 g/mol. The van der Waals surface area contributed by atoms with E-state index in [0.29, 0.717) is 5.56 Å². The summed E-state index contributed by atoms with van der Waals surface area (Å²) in [6.45, 7) is 4.53. The van der Waals surface area contributed by atoms with Crippen LogP contribution < -0.4 is 4.74 Å². The summed E-state index contributed by atoms with van der Waals surface area (Å²) in [4.78, 5) is 17.1. The highest BCUT2D eigenvalue weighted by molar-refractivity contribution is 5.97. The number of benzene rings is 1. The number of carbonyl (C=O) groups is 1. The average molecular weight is 354 g/mol. The standard InChI is InChI=1S/C21H26N2O3/c24-21(23-11-3-4-12-23)19-7-1-2-8-20(19)26-17-9-13-22(14-10-17)16-18-6-5-15-25-18/h1-2,5-8,15,17H,3-4,9-14,16H2. The topological polar surface area (TPSA) is 45.9 Å². The first-order valence-corrected chi connectivity index (χ1v) is 9.59. The first-order valence-electron chi connectivity index (χ1n) is 9.59. The summed E-state index contributed by atoms with van der Waals surface area (Å²) in [7, 11) is 0. The molecule has 0 aliphatic carbocycles. The number of hydrogen-bond donors (Lipinski definition) is 0. The molecule has 0 saturated carbocycles. The van der Waals surface area contributed by atoms with Crippen LogP contribution in [0, 0.1) is 0 Å². The number of nitrogens with zero attached hydrogens (tertiary/aromatic N) is 2. The molecule has 2 aliphatic rings. The van der Waals surface area contributed by atoms with E-state index in [4.69, 9.17) is 9.15 Å². The molecule has 0 atom stereocenters. The molecule has 0 unspecified atom stereocenters. The highest BCUT2D eigenvalue weighted by Crippen LogP contribution is 2.26. The lowest BCUT2D eigenvalue weighted by Gasteiger charge is -2.32. The molecule has 0 bridgehead atoms. The lowest BCUT2D eigenvalue weighted by Crippen LogP contribution is -2.38. The van der Waals surface area contributed by atoms with Crippen molar-refractivity contribution >= 4 is 5.91 Å². The van der Waals surface area contributed by atoms with Crippen LogP contribution in [-0.4, -0.2) is 48.0 Å². The molecule has 0 spiro atoms. The van der Waals surface area contributed by atoms with Crippen LogP contribution in [0.1, 0.15) is 41.8 Å². The van der Waals surface area contributed by atoms with E-state index in [2.05, 4.69) is 4.90 Å². The van der Waals surface area contributed by atoms with Crippen LogP contribution in [0.25, 0.3) is 0 Å². The van der Waals surface area contributed by atoms with E-state index in [9.17, 15) is 4.79 Å². The van der Waals surface area contributed by atoms with Crippen molar-refractivity contribution in [2.45, 2.75) is 38.3 Å². The van der Waals surface area contributed by atoms with Crippen molar-refractivity contribution in [1.82, 2.24) is 9.80 Å². The Kier molecular flexibility index (Phi) is 5.25. The Morgan fingerprint density at radius 2 is 1.81 bits per heavy atom. The zero-order valence-electron chi connectivity index (χ0n) is 15.1. The summed E-state index contributed by atoms with van der Waals surface area (Å²) in [5.74, 6) is 1.84. The second kappa shape index (κ2) is 7.96. The molecule has 4 rings (SSSR count). The predicted octanol–water partition coefficient (Wildman–Crippen LogP) is 3.56. The molecule has 0 N–H and O–H groups in total. The number of ether oxygens (including phenoxy) is 1. The maximum absolute atomic E-state index is 12.8. The van der Waals surface area contributed by atoms with Crippen molar-refractivity contribution < 1.29 is 13.9 Å². The van der Waals surface area contributed by atoms with E-state index in [1.807, 2.05) is 41.3 Å². The molecule has 1 aromatic heterocycles. The number of carbonyl (C=O) groups excluding carboxylic acids is 1. The van der Waals surface area contributed by atoms with Crippen LogP contribution in [0.5, 0.6) is 5.75 Å². The van der Waals surface area contributed by atoms with Gasteiger partial charge in [0.15, 0.2) is 0 Å². The lowest BCUT2D eigenvalue weighted by atomic mass is 10.1. The first-order chi connectivity index (χ1) is 12.8. The molecule has 0 radical (unpaired) electrons. The molecule has 2 fully saturated rings. The fourth-order valence-electron chi connectivity index (χ4n) is 3.82. The normalized spacial score (nSPS) is 19.0. The molecule has 2 saturated heterocycles. The summed E-state index contributed by atoms with van der Waals surface area (Å²) in [6.07, 6.45) is 6.01. The summed E-state index contributed by atoms with van der Waals surface area (Å²) < 4.78 is 11.7. The van der Waals surface area contributed by atoms with E-state index in [1.165, 1.54) is 0 Å². The van der Waals surface area contributed by atoms with Gasteiger partial charge in [0.1, 0.15) is 17.6 Å². The van der Waals surface area contributed by atoms with E-state index in [-0.39, 0.29) is 12.0 Å². The summed E-state index contributed by atoms with van der Waals surface area (Å²) in [6, 6.07) is 11.6. The SMILES string of the molecule is O=C(c1ccccc1OC1CCN(Cc2ccco2)CC1)N1CCCC1. The van der Waals surface area contributed by atoms with Crippen LogP contribution in [0.3, 0.4) is 0 Å². The van der Waals surface area contributed by atoms with Gasteiger partial charge in [-0.15, -0.1) is 0 Å². The number of piperidine rings is 1. The molecule has 3 heterocycles. The Morgan fingerprint density at radius 1 is 1.04 bits per heavy atom. The molecule has 5 heteroatoms. The number of para-hydroxylation sites is 1. The minimum absolute atomic E-state index is 0.105. The van der Waals surface area contributed by atoms with Gasteiger partial charge in [0.25, 0.3) is 5.91 Å². The third-order valence-electron chi connectivity index (χ3n) is 5.30. The minimum Gasteiger partial charge on any atom is -0.489 e. The van der Waals surface area contributed by atoms with Crippen molar-refractivity contribution in [2.24, 2.45) is 0 Å². The molecule has 1 amide bonds. The molecule has 2 aromatic rings. The van der Waals surface area contributed by atoms with E-state index >= 15 is 0 Å². The van der Waals surface area contributed by atoms with Crippen LogP contribution >= 0.6 is 0 Å². The minimum atomic E-state index is 0.105. The van der Waals surface area contributed by atoms with E-state index < -0.39 is 0 Å². The number of rotatable bonds is 5. The van der Waals surface area contributed by atoms with Crippen molar-refractivity contribution in [1.29, 1.82) is 0 Å². The Balaban J connectivity index is 1.35. The maximum atomic E-state index is 12.8. The molecule has 2 aliphatic heterocycles. The largest absolute Gasteiger partial charge is 0.489 e. The summed E-state index contributed by atoms with van der Waals surface area (Å²) in [5, 5.41) is 0. The van der Waals surface area contributed by atoms with Gasteiger partial charge in [-0.3, -0.25) is 9.69 Å². The fourth-order valence-corrected chi connectivity index (χ4v) is 3.82. The van der Waals surface area contributed by atoms with Gasteiger partial charge in [-0.2, -0.15) is 0 Å². The highest BCUT2D eigenvalue weighted by Gasteiger charge is 2.25. The second-order valence-electron chi connectivity index (χ2n) is 7.17. The highest BCUT2D eigenvalue weighted by atomic mass is 16.5. The van der Waals surface area contributed by atoms with Crippen molar-refractivity contribution in [2.75, 3.05) is 26.2 Å². The first kappa shape index (κ1) is 17.2. The Morgan fingerprint density at radius 3 is 2.54 bits per heavy atom. The van der Waals surface area contributed by atoms with Gasteiger partial charge >= 0.3 is 0 Å². The van der Waals surface area contributed by atoms with Gasteiger partial charge in [-0.1, -0.05) is 12.1 Å². The lowest BCUT2D eigenvalue weighted by molar-refractivity contribution is 0.0760. The third-order valence-corrected chi connectivity index (χ3v) is 5.30. The molecule has 138 valence electrons. The number of likely N-dealkylation sites (tertiary alicyclic amines) is 2. The maximum Gasteiger partial charge on any atom is 0.257 e. The Hall–Kier alpha value is -2.27. The van der Waals surface area contributed by atoms with Crippen molar-refractivity contribution in [3.63, 3.8) is 0 Å². The summed E-state index contributed by atoms with van der Waals surface area (Å²) >= 11 is 0. The van der Waals surface area contributed by atoms with E-state index in [0.717, 1.165) is 69.9 Å². The fraction of sp³-hybridized carbons (Fsp3) is 0.476. The summed E-state index contributed by atoms with van der Waals surface area (Å²) in [5.41, 5.74) is 0.701. The molecular formula is C21H26N2O3. The smallest absolute Gasteiger partial charge is 0.257 e. The molecule has 5 nitrogen and oxygen atoms in total. The second-order valence-corrected chi connectivity index (χ2v) is 7.17. The zero-order valence-corrected chi connectivity index (χ0v) is 15.1. The van der Waals surface area contributed by atoms with Crippen LogP contribution in [0.2, 0.25) is 0 Å². The van der Waals surface area contributed by atoms with Gasteiger partial charge in [0.2, 0.25) is 0 Å². The Bertz CT molecular complexity index is 715. The van der Waals surface area contributed by atoms with Crippen molar-refractivity contribution in [3.05, 3.63) is 54.0 Å². The number of hydrogen-bond acceptors (Lipinski definition) is 4. The van der Waals surface area contributed by atoms with Gasteiger partial charge in [-0.25, -0.2) is 0 Å². The quantitative estimate of drug-likeness (QED) is 0.824. The zero-order chi connectivity index (χ0) is 17.8. The Labute approximate surface area is 154 Å². The van der Waals surface area contributed by atoms with Gasteiger partial charge in [-0.05, 0) is 49.9 Å². The van der Waals surface area contributed by atoms with Crippen LogP contribution in [0.4, 0.5) is 0 Å². The molecule has 26 heavy (non-hydrogen) atoms.